The van der Waals surface area contributed by atoms with Crippen LogP contribution in [0.2, 0.25) is 5.02 Å². The fraction of sp³-hybridized carbons (Fsp3) is 0.136. The third-order valence-electron chi connectivity index (χ3n) is 4.37. The highest BCUT2D eigenvalue weighted by atomic mass is 35.5. The number of nitrogens with zero attached hydrogens (tertiary/aromatic N) is 5. The Morgan fingerprint density at radius 1 is 1.12 bits per heavy atom. The summed E-state index contributed by atoms with van der Waals surface area (Å²) in [5.41, 5.74) is 1.62. The number of aryl methyl sites for hydroxylation is 1. The van der Waals surface area contributed by atoms with Crippen molar-refractivity contribution < 1.29 is 14.3 Å². The highest BCUT2D eigenvalue weighted by molar-refractivity contribution is 6.32. The molecule has 0 saturated heterocycles. The van der Waals surface area contributed by atoms with Crippen LogP contribution < -0.4 is 9.47 Å². The van der Waals surface area contributed by atoms with Gasteiger partial charge in [0.05, 0.1) is 16.7 Å². The van der Waals surface area contributed by atoms with Crippen LogP contribution in [0.15, 0.2) is 42.5 Å². The van der Waals surface area contributed by atoms with Gasteiger partial charge in [0.15, 0.2) is 11.2 Å². The minimum Gasteiger partial charge on any atom is -0.435 e. The van der Waals surface area contributed by atoms with E-state index in [1.165, 1.54) is 11.0 Å². The number of amides is 1. The largest absolute Gasteiger partial charge is 0.435 e. The molecule has 0 aliphatic heterocycles. The molecule has 0 fully saturated rings. The number of aromatic nitrogens is 4. The lowest BCUT2D eigenvalue weighted by atomic mass is 10.2. The molecule has 0 spiro atoms. The summed E-state index contributed by atoms with van der Waals surface area (Å²) < 4.78 is 11.7. The van der Waals surface area contributed by atoms with Crippen LogP contribution in [-0.2, 0) is 0 Å². The number of benzene rings is 2. The summed E-state index contributed by atoms with van der Waals surface area (Å²) in [5, 5.41) is 9.47. The molecule has 0 aliphatic carbocycles. The summed E-state index contributed by atoms with van der Waals surface area (Å²) in [6, 6.07) is 13.4. The van der Waals surface area contributed by atoms with E-state index in [-0.39, 0.29) is 23.5 Å². The average molecular weight is 449 g/mol. The summed E-state index contributed by atoms with van der Waals surface area (Å²) >= 11 is 6.23. The standard InChI is InChI=1S/C22H17ClN6O3/c1-12-25-18-19(26-12)27-22(31-15-6-4-5-14(10-15)21(30)29(2)3)28-20(18)32-17-9-13(11-24)7-8-16(17)23/h4-10H,1-3H3,(H,25,26,27,28). The van der Waals surface area contributed by atoms with Gasteiger partial charge in [-0.25, -0.2) is 4.98 Å². The number of carbonyl (C=O) groups is 1. The highest BCUT2D eigenvalue weighted by Gasteiger charge is 2.17. The Morgan fingerprint density at radius 2 is 1.94 bits per heavy atom. The molecule has 1 amide bonds. The van der Waals surface area contributed by atoms with Gasteiger partial charge in [-0.15, -0.1) is 0 Å². The van der Waals surface area contributed by atoms with Gasteiger partial charge < -0.3 is 19.4 Å². The van der Waals surface area contributed by atoms with Gasteiger partial charge in [-0.2, -0.15) is 15.2 Å². The van der Waals surface area contributed by atoms with Crippen LogP contribution in [0.5, 0.6) is 23.4 Å². The molecule has 2 aromatic heterocycles. The van der Waals surface area contributed by atoms with Crippen molar-refractivity contribution in [3.05, 3.63) is 64.4 Å². The van der Waals surface area contributed by atoms with Gasteiger partial charge in [0.2, 0.25) is 0 Å². The van der Waals surface area contributed by atoms with Crippen LogP contribution in [0.3, 0.4) is 0 Å². The number of carbonyl (C=O) groups excluding carboxylic acids is 1. The molecular weight excluding hydrogens is 432 g/mol. The summed E-state index contributed by atoms with van der Waals surface area (Å²) in [4.78, 5) is 29.8. The topological polar surface area (TPSA) is 117 Å². The number of hydrogen-bond acceptors (Lipinski definition) is 7. The SMILES string of the molecule is Cc1nc2c(Oc3cc(C#N)ccc3Cl)nc(Oc3cccc(C(=O)N(C)C)c3)nc2[nH]1. The number of nitrogens with one attached hydrogen (secondary N) is 1. The average Bonchev–Trinajstić information content (AvgIpc) is 3.15. The number of fused-ring (bicyclic) bond motifs is 1. The van der Waals surface area contributed by atoms with E-state index >= 15 is 0 Å². The smallest absolute Gasteiger partial charge is 0.327 e. The van der Waals surface area contributed by atoms with E-state index in [1.807, 2.05) is 6.07 Å². The van der Waals surface area contributed by atoms with Gasteiger partial charge in [-0.05, 0) is 37.3 Å². The number of imidazole rings is 1. The van der Waals surface area contributed by atoms with Crippen molar-refractivity contribution in [1.29, 1.82) is 5.26 Å². The molecule has 0 radical (unpaired) electrons. The minimum atomic E-state index is -0.160. The zero-order chi connectivity index (χ0) is 22.8. The van der Waals surface area contributed by atoms with Crippen molar-refractivity contribution in [2.45, 2.75) is 6.92 Å². The Balaban J connectivity index is 1.73. The second-order valence-corrected chi connectivity index (χ2v) is 7.43. The molecule has 0 unspecified atom stereocenters. The number of ether oxygens (including phenoxy) is 2. The Bertz CT molecular complexity index is 1380. The molecule has 2 aromatic carbocycles. The molecule has 160 valence electrons. The number of halogens is 1. The van der Waals surface area contributed by atoms with Gasteiger partial charge in [-0.3, -0.25) is 4.79 Å². The molecule has 2 heterocycles. The lowest BCUT2D eigenvalue weighted by Crippen LogP contribution is -2.21. The van der Waals surface area contributed by atoms with Crippen molar-refractivity contribution in [2.75, 3.05) is 14.1 Å². The Labute approximate surface area is 188 Å². The molecular formula is C22H17ClN6O3. The van der Waals surface area contributed by atoms with Crippen molar-refractivity contribution in [3.63, 3.8) is 0 Å². The fourth-order valence-electron chi connectivity index (χ4n) is 2.90. The van der Waals surface area contributed by atoms with Crippen LogP contribution in [0.4, 0.5) is 0 Å². The minimum absolute atomic E-state index is 0.0156. The molecule has 9 nitrogen and oxygen atoms in total. The molecule has 4 aromatic rings. The lowest BCUT2D eigenvalue weighted by Gasteiger charge is -2.12. The molecule has 0 saturated carbocycles. The van der Waals surface area contributed by atoms with Crippen LogP contribution >= 0.6 is 11.6 Å². The number of H-pyrrole nitrogens is 1. The van der Waals surface area contributed by atoms with Crippen LogP contribution in [-0.4, -0.2) is 44.8 Å². The maximum absolute atomic E-state index is 12.2. The van der Waals surface area contributed by atoms with Crippen molar-refractivity contribution in [1.82, 2.24) is 24.8 Å². The van der Waals surface area contributed by atoms with Gasteiger partial charge in [0.1, 0.15) is 17.3 Å². The highest BCUT2D eigenvalue weighted by Crippen LogP contribution is 2.34. The predicted octanol–water partition coefficient (Wildman–Crippen LogP) is 4.47. The first-order valence-corrected chi connectivity index (χ1v) is 9.83. The first-order chi connectivity index (χ1) is 15.3. The molecule has 1 N–H and O–H groups in total. The second kappa shape index (κ2) is 8.53. The summed E-state index contributed by atoms with van der Waals surface area (Å²) in [7, 11) is 3.34. The number of aromatic amines is 1. The summed E-state index contributed by atoms with van der Waals surface area (Å²) in [5.74, 6) is 1.17. The molecule has 0 atom stereocenters. The quantitative estimate of drug-likeness (QED) is 0.478. The Morgan fingerprint density at radius 3 is 2.69 bits per heavy atom. The van der Waals surface area contributed by atoms with Crippen LogP contribution in [0.25, 0.3) is 11.2 Å². The maximum atomic E-state index is 12.2. The van der Waals surface area contributed by atoms with E-state index < -0.39 is 0 Å². The zero-order valence-corrected chi connectivity index (χ0v) is 18.1. The zero-order valence-electron chi connectivity index (χ0n) is 17.4. The van der Waals surface area contributed by atoms with Crippen molar-refractivity contribution in [3.8, 4) is 29.5 Å². The molecule has 10 heteroatoms. The first-order valence-electron chi connectivity index (χ1n) is 9.45. The number of hydrogen-bond donors (Lipinski definition) is 1. The van der Waals surface area contributed by atoms with E-state index in [9.17, 15) is 4.79 Å². The van der Waals surface area contributed by atoms with Crippen LogP contribution in [0.1, 0.15) is 21.7 Å². The van der Waals surface area contributed by atoms with Crippen molar-refractivity contribution in [2.24, 2.45) is 0 Å². The van der Waals surface area contributed by atoms with Gasteiger partial charge in [-0.1, -0.05) is 17.7 Å². The Kier molecular flexibility index (Phi) is 5.62. The van der Waals surface area contributed by atoms with E-state index in [4.69, 9.17) is 26.3 Å². The van der Waals surface area contributed by atoms with Gasteiger partial charge in [0, 0.05) is 25.7 Å². The molecule has 4 rings (SSSR count). The predicted molar refractivity (Wildman–Crippen MR) is 117 cm³/mol. The van der Waals surface area contributed by atoms with Gasteiger partial charge in [0.25, 0.3) is 11.8 Å². The number of rotatable bonds is 5. The maximum Gasteiger partial charge on any atom is 0.327 e. The monoisotopic (exact) mass is 448 g/mol. The van der Waals surface area contributed by atoms with E-state index in [1.54, 1.807) is 57.4 Å². The molecule has 32 heavy (non-hydrogen) atoms. The first kappa shape index (κ1) is 21.1. The third-order valence-corrected chi connectivity index (χ3v) is 4.69. The fourth-order valence-corrected chi connectivity index (χ4v) is 3.05. The summed E-state index contributed by atoms with van der Waals surface area (Å²) in [6.07, 6.45) is 0. The van der Waals surface area contributed by atoms with E-state index in [2.05, 4.69) is 19.9 Å². The second-order valence-electron chi connectivity index (χ2n) is 7.02. The van der Waals surface area contributed by atoms with Crippen molar-refractivity contribution >= 4 is 28.7 Å². The molecule has 0 aliphatic rings. The van der Waals surface area contributed by atoms with Gasteiger partial charge >= 0.3 is 6.01 Å². The molecule has 0 bridgehead atoms. The third kappa shape index (κ3) is 4.31. The lowest BCUT2D eigenvalue weighted by molar-refractivity contribution is 0.0827. The van der Waals surface area contributed by atoms with E-state index in [0.29, 0.717) is 38.9 Å². The normalized spacial score (nSPS) is 10.6. The van der Waals surface area contributed by atoms with E-state index in [0.717, 1.165) is 0 Å². The number of nitriles is 1. The van der Waals surface area contributed by atoms with Crippen LogP contribution in [0, 0.1) is 18.3 Å². The summed E-state index contributed by atoms with van der Waals surface area (Å²) in [6.45, 7) is 1.77. The Hall–Kier alpha value is -4.16.